The first-order chi connectivity index (χ1) is 12.9. The fourth-order valence-electron chi connectivity index (χ4n) is 2.95. The van der Waals surface area contributed by atoms with E-state index in [1.165, 1.54) is 31.7 Å². The summed E-state index contributed by atoms with van der Waals surface area (Å²) in [6.45, 7) is 2.18. The van der Waals surface area contributed by atoms with Crippen LogP contribution >= 0.6 is 0 Å². The molecule has 0 saturated carbocycles. The van der Waals surface area contributed by atoms with E-state index >= 15 is 0 Å². The van der Waals surface area contributed by atoms with Gasteiger partial charge in [-0.15, -0.1) is 5.75 Å². The van der Waals surface area contributed by atoms with Crippen LogP contribution in [-0.4, -0.2) is 13.0 Å². The van der Waals surface area contributed by atoms with E-state index in [0.717, 1.165) is 25.3 Å². The number of aryl methyl sites for hydroxylation is 1. The van der Waals surface area contributed by atoms with Gasteiger partial charge >= 0.3 is 51.4 Å². The Kier molecular flexibility index (Phi) is 11.9. The van der Waals surface area contributed by atoms with Gasteiger partial charge in [-0.3, -0.25) is 4.55 Å². The molecule has 0 atom stereocenters. The number of ether oxygens (including phenoxy) is 1. The van der Waals surface area contributed by atoms with Gasteiger partial charge in [-0.1, -0.05) is 69.2 Å². The Morgan fingerprint density at radius 2 is 1.57 bits per heavy atom. The van der Waals surface area contributed by atoms with Gasteiger partial charge in [0.25, 0.3) is 10.1 Å². The van der Waals surface area contributed by atoms with Gasteiger partial charge in [0.2, 0.25) is 0 Å². The summed E-state index contributed by atoms with van der Waals surface area (Å²) in [5, 5.41) is 12.3. The Labute approximate surface area is 210 Å². The van der Waals surface area contributed by atoms with Crippen LogP contribution in [0.5, 0.6) is 17.2 Å². The minimum absolute atomic E-state index is 0. The molecular formula is C21H27KO5S. The molecule has 2 aromatic rings. The number of unbranched alkanes of at least 4 members (excludes halogenated alkanes) is 6. The molecule has 2 rings (SSSR count). The number of benzene rings is 2. The second kappa shape index (κ2) is 13.0. The predicted molar refractivity (Wildman–Crippen MR) is 104 cm³/mol. The zero-order valence-corrected chi connectivity index (χ0v) is 20.6. The van der Waals surface area contributed by atoms with E-state index in [-0.39, 0.29) is 57.1 Å². The maximum atomic E-state index is 12.3. The third kappa shape index (κ3) is 8.53. The molecule has 0 aromatic heterocycles. The van der Waals surface area contributed by atoms with E-state index in [1.54, 1.807) is 24.3 Å². The Morgan fingerprint density at radius 3 is 2.18 bits per heavy atom. The monoisotopic (exact) mass is 430 g/mol. The Bertz CT molecular complexity index is 822. The van der Waals surface area contributed by atoms with Gasteiger partial charge in [-0.2, -0.15) is 8.42 Å². The summed E-state index contributed by atoms with van der Waals surface area (Å²) in [6.07, 6.45) is 8.47. The molecule has 0 fully saturated rings. The largest absolute Gasteiger partial charge is 1.00 e. The fraction of sp³-hybridized carbons (Fsp3) is 0.429. The van der Waals surface area contributed by atoms with Gasteiger partial charge in [0, 0.05) is 0 Å². The zero-order valence-electron chi connectivity index (χ0n) is 16.7. The zero-order chi connectivity index (χ0) is 19.7. The molecule has 7 heteroatoms. The summed E-state index contributed by atoms with van der Waals surface area (Å²) in [5.74, 6) is 0.0122. The second-order valence-electron chi connectivity index (χ2n) is 6.67. The Hall–Kier alpha value is -0.414. The van der Waals surface area contributed by atoms with Gasteiger partial charge in [-0.05, 0) is 37.1 Å². The molecule has 5 nitrogen and oxygen atoms in total. The SMILES string of the molecule is CCCCCCCCCc1cc(Oc2ccccc2)c(S(=O)(=O)O)cc1[O-].[K+]. The first kappa shape index (κ1) is 25.6. The molecule has 0 aliphatic rings. The Morgan fingerprint density at radius 1 is 0.964 bits per heavy atom. The van der Waals surface area contributed by atoms with Gasteiger partial charge in [0.15, 0.2) is 0 Å². The first-order valence-corrected chi connectivity index (χ1v) is 10.9. The van der Waals surface area contributed by atoms with Crippen molar-refractivity contribution in [3.05, 3.63) is 48.0 Å². The molecule has 0 spiro atoms. The predicted octanol–water partition coefficient (Wildman–Crippen LogP) is 2.10. The molecule has 148 valence electrons. The van der Waals surface area contributed by atoms with E-state index in [0.29, 0.717) is 17.7 Å². The van der Waals surface area contributed by atoms with Crippen molar-refractivity contribution in [2.75, 3.05) is 0 Å². The summed E-state index contributed by atoms with van der Waals surface area (Å²) < 4.78 is 38.3. The number of hydrogen-bond donors (Lipinski definition) is 1. The van der Waals surface area contributed by atoms with Crippen molar-refractivity contribution < 1.29 is 74.2 Å². The van der Waals surface area contributed by atoms with Crippen LogP contribution in [0.15, 0.2) is 47.4 Å². The number of hydrogen-bond acceptors (Lipinski definition) is 4. The van der Waals surface area contributed by atoms with Crippen LogP contribution < -0.4 is 61.2 Å². The molecule has 0 unspecified atom stereocenters. The van der Waals surface area contributed by atoms with Crippen molar-refractivity contribution in [2.24, 2.45) is 0 Å². The van der Waals surface area contributed by atoms with Crippen LogP contribution in [-0.2, 0) is 16.5 Å². The van der Waals surface area contributed by atoms with Crippen LogP contribution in [0.2, 0.25) is 0 Å². The van der Waals surface area contributed by atoms with Crippen LogP contribution in [0.3, 0.4) is 0 Å². The molecule has 0 heterocycles. The molecule has 2 aromatic carbocycles. The quantitative estimate of drug-likeness (QED) is 0.335. The van der Waals surface area contributed by atoms with Crippen molar-refractivity contribution >= 4 is 10.1 Å². The van der Waals surface area contributed by atoms with Crippen LogP contribution in [0.25, 0.3) is 0 Å². The summed E-state index contributed by atoms with van der Waals surface area (Å²) in [6, 6.07) is 11.1. The molecule has 0 aliphatic carbocycles. The minimum Gasteiger partial charge on any atom is -0.872 e. The standard InChI is InChI=1S/C21H28O5S.K/c1-2-3-4-5-6-7-9-12-17-15-20(26-18-13-10-8-11-14-18)21(16-19(17)22)27(23,24)25;/h8,10-11,13-16,22H,2-7,9,12H2,1H3,(H,23,24,25);/q;+1/p-1. The van der Waals surface area contributed by atoms with Crippen LogP contribution in [0.1, 0.15) is 57.4 Å². The topological polar surface area (TPSA) is 86.7 Å². The Balaban J connectivity index is 0.00000392. The van der Waals surface area contributed by atoms with E-state index in [2.05, 4.69) is 6.92 Å². The van der Waals surface area contributed by atoms with Crippen molar-refractivity contribution in [3.8, 4) is 17.2 Å². The van der Waals surface area contributed by atoms with Crippen molar-refractivity contribution in [2.45, 2.75) is 63.2 Å². The second-order valence-corrected chi connectivity index (χ2v) is 8.06. The average molecular weight is 431 g/mol. The summed E-state index contributed by atoms with van der Waals surface area (Å²) >= 11 is 0. The van der Waals surface area contributed by atoms with Gasteiger partial charge in [0.05, 0.1) is 0 Å². The summed E-state index contributed by atoms with van der Waals surface area (Å²) in [5.41, 5.74) is 0.502. The van der Waals surface area contributed by atoms with Crippen molar-refractivity contribution in [3.63, 3.8) is 0 Å². The van der Waals surface area contributed by atoms with Gasteiger partial charge in [-0.25, -0.2) is 0 Å². The molecule has 0 aliphatic heterocycles. The van der Waals surface area contributed by atoms with E-state index in [1.807, 2.05) is 6.07 Å². The third-order valence-corrected chi connectivity index (χ3v) is 5.30. The normalized spacial score (nSPS) is 11.1. The molecular weight excluding hydrogens is 403 g/mol. The molecule has 1 N–H and O–H groups in total. The first-order valence-electron chi connectivity index (χ1n) is 9.46. The minimum atomic E-state index is -4.56. The van der Waals surface area contributed by atoms with Crippen molar-refractivity contribution in [1.29, 1.82) is 0 Å². The number of rotatable bonds is 11. The van der Waals surface area contributed by atoms with E-state index < -0.39 is 20.8 Å². The third-order valence-electron chi connectivity index (χ3n) is 4.43. The van der Waals surface area contributed by atoms with Crippen molar-refractivity contribution in [1.82, 2.24) is 0 Å². The molecule has 0 amide bonds. The average Bonchev–Trinajstić information content (AvgIpc) is 2.63. The summed E-state index contributed by atoms with van der Waals surface area (Å²) in [7, 11) is -4.56. The molecule has 28 heavy (non-hydrogen) atoms. The smallest absolute Gasteiger partial charge is 0.872 e. The molecule has 0 saturated heterocycles. The van der Waals surface area contributed by atoms with E-state index in [9.17, 15) is 18.1 Å². The fourth-order valence-corrected chi connectivity index (χ4v) is 3.56. The number of para-hydroxylation sites is 1. The molecule has 0 bridgehead atoms. The maximum Gasteiger partial charge on any atom is 1.00 e. The van der Waals surface area contributed by atoms with E-state index in [4.69, 9.17) is 4.74 Å². The van der Waals surface area contributed by atoms with Crippen LogP contribution in [0.4, 0.5) is 0 Å². The van der Waals surface area contributed by atoms with Crippen LogP contribution in [0, 0.1) is 0 Å². The molecule has 0 radical (unpaired) electrons. The van der Waals surface area contributed by atoms with Gasteiger partial charge < -0.3 is 9.84 Å². The summed E-state index contributed by atoms with van der Waals surface area (Å²) in [4.78, 5) is -0.500. The maximum absolute atomic E-state index is 12.3. The van der Waals surface area contributed by atoms with Gasteiger partial charge in [0.1, 0.15) is 16.4 Å².